The van der Waals surface area contributed by atoms with Gasteiger partial charge in [-0.25, -0.2) is 4.39 Å². The molecular weight excluding hydrogens is 183 g/mol. The average molecular weight is 200 g/mol. The standard InChI is InChI=1S/C10H17FN2O/c1-4-9(14)12-5-10(11)6-13(7-10)8(2)3/h4,8H,1,5-7H2,2-3H3,(H,12,14). The van der Waals surface area contributed by atoms with E-state index in [0.29, 0.717) is 19.1 Å². The van der Waals surface area contributed by atoms with Crippen LogP contribution in [0.5, 0.6) is 0 Å². The highest BCUT2D eigenvalue weighted by Crippen LogP contribution is 2.26. The topological polar surface area (TPSA) is 32.3 Å². The number of nitrogens with zero attached hydrogens (tertiary/aromatic N) is 1. The average Bonchev–Trinajstić information content (AvgIpc) is 2.09. The van der Waals surface area contributed by atoms with E-state index >= 15 is 0 Å². The Morgan fingerprint density at radius 2 is 2.29 bits per heavy atom. The third-order valence-electron chi connectivity index (χ3n) is 2.47. The van der Waals surface area contributed by atoms with Crippen molar-refractivity contribution in [2.24, 2.45) is 0 Å². The van der Waals surface area contributed by atoms with Gasteiger partial charge in [0.05, 0.1) is 6.54 Å². The summed E-state index contributed by atoms with van der Waals surface area (Å²) in [6.45, 7) is 8.26. The Labute approximate surface area is 84.0 Å². The van der Waals surface area contributed by atoms with E-state index in [-0.39, 0.29) is 12.5 Å². The van der Waals surface area contributed by atoms with E-state index in [9.17, 15) is 9.18 Å². The van der Waals surface area contributed by atoms with Crippen LogP contribution in [0.1, 0.15) is 13.8 Å². The maximum absolute atomic E-state index is 13.7. The zero-order valence-corrected chi connectivity index (χ0v) is 8.72. The van der Waals surface area contributed by atoms with Gasteiger partial charge in [0, 0.05) is 19.1 Å². The molecule has 0 aliphatic carbocycles. The summed E-state index contributed by atoms with van der Waals surface area (Å²) in [5, 5.41) is 2.48. The van der Waals surface area contributed by atoms with Crippen LogP contribution in [0, 0.1) is 0 Å². The van der Waals surface area contributed by atoms with Crippen molar-refractivity contribution >= 4 is 5.91 Å². The summed E-state index contributed by atoms with van der Waals surface area (Å²) in [5.74, 6) is -0.315. The van der Waals surface area contributed by atoms with E-state index in [4.69, 9.17) is 0 Å². The summed E-state index contributed by atoms with van der Waals surface area (Å²) < 4.78 is 13.7. The first-order valence-electron chi connectivity index (χ1n) is 4.80. The minimum absolute atomic E-state index is 0.0844. The van der Waals surface area contributed by atoms with Crippen molar-refractivity contribution in [1.29, 1.82) is 0 Å². The molecule has 1 fully saturated rings. The Bertz CT molecular complexity index is 234. The number of amides is 1. The predicted octanol–water partition coefficient (Wildman–Crippen LogP) is 0.721. The van der Waals surface area contributed by atoms with Gasteiger partial charge in [-0.05, 0) is 19.9 Å². The van der Waals surface area contributed by atoms with Crippen molar-refractivity contribution < 1.29 is 9.18 Å². The SMILES string of the molecule is C=CC(=O)NCC1(F)CN(C(C)C)C1. The molecule has 1 amide bonds. The van der Waals surface area contributed by atoms with Gasteiger partial charge in [0.2, 0.25) is 5.91 Å². The maximum atomic E-state index is 13.7. The predicted molar refractivity (Wildman–Crippen MR) is 53.8 cm³/mol. The molecule has 1 rings (SSSR count). The normalized spacial score (nSPS) is 20.3. The summed E-state index contributed by atoms with van der Waals surface area (Å²) in [5.41, 5.74) is -1.25. The van der Waals surface area contributed by atoms with Crippen molar-refractivity contribution in [3.63, 3.8) is 0 Å². The molecule has 0 radical (unpaired) electrons. The zero-order chi connectivity index (χ0) is 10.8. The van der Waals surface area contributed by atoms with Crippen LogP contribution in [-0.4, -0.2) is 42.2 Å². The highest BCUT2D eigenvalue weighted by Gasteiger charge is 2.44. The van der Waals surface area contributed by atoms with Crippen LogP contribution in [0.2, 0.25) is 0 Å². The first-order chi connectivity index (χ1) is 6.47. The number of hydrogen-bond acceptors (Lipinski definition) is 2. The van der Waals surface area contributed by atoms with E-state index in [0.717, 1.165) is 6.08 Å². The lowest BCUT2D eigenvalue weighted by Crippen LogP contribution is -2.65. The zero-order valence-electron chi connectivity index (χ0n) is 8.72. The number of nitrogens with one attached hydrogen (secondary N) is 1. The van der Waals surface area contributed by atoms with Crippen LogP contribution in [0.15, 0.2) is 12.7 Å². The molecule has 0 aromatic rings. The summed E-state index contributed by atoms with van der Waals surface area (Å²) >= 11 is 0. The van der Waals surface area contributed by atoms with Crippen LogP contribution in [0.3, 0.4) is 0 Å². The van der Waals surface area contributed by atoms with Crippen molar-refractivity contribution in [3.05, 3.63) is 12.7 Å². The van der Waals surface area contributed by atoms with Crippen LogP contribution >= 0.6 is 0 Å². The van der Waals surface area contributed by atoms with Crippen LogP contribution < -0.4 is 5.32 Å². The molecule has 0 bridgehead atoms. The molecule has 4 heteroatoms. The first-order valence-corrected chi connectivity index (χ1v) is 4.80. The minimum Gasteiger partial charge on any atom is -0.349 e. The van der Waals surface area contributed by atoms with Gasteiger partial charge in [-0.3, -0.25) is 9.69 Å². The molecule has 1 saturated heterocycles. The molecule has 0 unspecified atom stereocenters. The largest absolute Gasteiger partial charge is 0.349 e. The molecule has 1 aliphatic heterocycles. The van der Waals surface area contributed by atoms with Gasteiger partial charge in [-0.2, -0.15) is 0 Å². The Kier molecular flexibility index (Phi) is 3.26. The van der Waals surface area contributed by atoms with Gasteiger partial charge >= 0.3 is 0 Å². The fraction of sp³-hybridized carbons (Fsp3) is 0.700. The molecule has 0 aromatic carbocycles. The maximum Gasteiger partial charge on any atom is 0.243 e. The molecule has 1 aliphatic rings. The molecular formula is C10H17FN2O. The Hall–Kier alpha value is -0.900. The molecule has 1 heterocycles. The van der Waals surface area contributed by atoms with Gasteiger partial charge in [0.1, 0.15) is 0 Å². The quantitative estimate of drug-likeness (QED) is 0.678. The van der Waals surface area contributed by atoms with Crippen LogP contribution in [0.25, 0.3) is 0 Å². The van der Waals surface area contributed by atoms with Crippen molar-refractivity contribution in [2.75, 3.05) is 19.6 Å². The second-order valence-corrected chi connectivity index (χ2v) is 4.07. The lowest BCUT2D eigenvalue weighted by molar-refractivity contribution is -0.118. The summed E-state index contributed by atoms with van der Waals surface area (Å²) in [4.78, 5) is 12.8. The molecule has 3 nitrogen and oxygen atoms in total. The fourth-order valence-corrected chi connectivity index (χ4v) is 1.48. The first kappa shape index (κ1) is 11.2. The molecule has 0 spiro atoms. The van der Waals surface area contributed by atoms with E-state index < -0.39 is 5.67 Å². The number of likely N-dealkylation sites (tertiary alicyclic amines) is 1. The smallest absolute Gasteiger partial charge is 0.243 e. The molecule has 0 saturated carbocycles. The lowest BCUT2D eigenvalue weighted by Gasteiger charge is -2.46. The van der Waals surface area contributed by atoms with E-state index in [1.807, 2.05) is 18.7 Å². The monoisotopic (exact) mass is 200 g/mol. The number of carbonyl (C=O) groups is 1. The second kappa shape index (κ2) is 4.09. The van der Waals surface area contributed by atoms with E-state index in [1.165, 1.54) is 0 Å². The summed E-state index contributed by atoms with van der Waals surface area (Å²) in [7, 11) is 0. The molecule has 0 aromatic heterocycles. The number of rotatable bonds is 4. The van der Waals surface area contributed by atoms with E-state index in [1.54, 1.807) is 0 Å². The Balaban J connectivity index is 2.27. The Morgan fingerprint density at radius 3 is 2.71 bits per heavy atom. The van der Waals surface area contributed by atoms with Gasteiger partial charge in [-0.15, -0.1) is 0 Å². The van der Waals surface area contributed by atoms with Crippen LogP contribution in [0.4, 0.5) is 4.39 Å². The molecule has 14 heavy (non-hydrogen) atoms. The highest BCUT2D eigenvalue weighted by molar-refractivity contribution is 5.86. The van der Waals surface area contributed by atoms with Gasteiger partial charge in [-0.1, -0.05) is 6.58 Å². The second-order valence-electron chi connectivity index (χ2n) is 4.07. The Morgan fingerprint density at radius 1 is 1.71 bits per heavy atom. The number of alkyl halides is 1. The van der Waals surface area contributed by atoms with Crippen molar-refractivity contribution in [1.82, 2.24) is 10.2 Å². The molecule has 0 atom stereocenters. The highest BCUT2D eigenvalue weighted by atomic mass is 19.1. The van der Waals surface area contributed by atoms with Crippen molar-refractivity contribution in [3.8, 4) is 0 Å². The van der Waals surface area contributed by atoms with Gasteiger partial charge < -0.3 is 5.32 Å². The molecule has 1 N–H and O–H groups in total. The minimum atomic E-state index is -1.25. The third-order valence-corrected chi connectivity index (χ3v) is 2.47. The number of carbonyl (C=O) groups excluding carboxylic acids is 1. The molecule has 80 valence electrons. The van der Waals surface area contributed by atoms with Crippen molar-refractivity contribution in [2.45, 2.75) is 25.6 Å². The van der Waals surface area contributed by atoms with Gasteiger partial charge in [0.15, 0.2) is 5.67 Å². The fourth-order valence-electron chi connectivity index (χ4n) is 1.48. The van der Waals surface area contributed by atoms with Crippen LogP contribution in [-0.2, 0) is 4.79 Å². The summed E-state index contributed by atoms with van der Waals surface area (Å²) in [6, 6.07) is 0.369. The van der Waals surface area contributed by atoms with E-state index in [2.05, 4.69) is 11.9 Å². The summed E-state index contributed by atoms with van der Waals surface area (Å²) in [6.07, 6.45) is 1.15. The van der Waals surface area contributed by atoms with Gasteiger partial charge in [0.25, 0.3) is 0 Å². The third kappa shape index (κ3) is 2.54. The number of hydrogen-bond donors (Lipinski definition) is 1. The lowest BCUT2D eigenvalue weighted by atomic mass is 9.94. The number of halogens is 1.